The molecule has 0 fully saturated rings. The van der Waals surface area contributed by atoms with Crippen LogP contribution in [0.4, 0.5) is 10.1 Å². The molecule has 1 N–H and O–H groups in total. The van der Waals surface area contributed by atoms with Gasteiger partial charge < -0.3 is 19.2 Å². The van der Waals surface area contributed by atoms with Crippen LogP contribution in [0.25, 0.3) is 33.5 Å². The lowest BCUT2D eigenvalue weighted by molar-refractivity contribution is -0.118. The third kappa shape index (κ3) is 6.69. The third-order valence-electron chi connectivity index (χ3n) is 6.56. The number of anilines is 1. The SMILES string of the molecule is CCOc1cc(C=Nn2c(-c3cc4cc(Cl)ccc4o3)nc3ccccc3c2=O)cc(I)c1OCC(=O)Nc1cccc(F)c1. The molecule has 0 radical (unpaired) electrons. The molecule has 0 spiro atoms. The van der Waals surface area contributed by atoms with Crippen molar-refractivity contribution in [3.05, 3.63) is 115 Å². The van der Waals surface area contributed by atoms with E-state index in [-0.39, 0.29) is 18.0 Å². The fraction of sp³-hybridized carbons (Fsp3) is 0.0909. The minimum absolute atomic E-state index is 0.214. The van der Waals surface area contributed by atoms with E-state index in [0.29, 0.717) is 60.2 Å². The maximum Gasteiger partial charge on any atom is 0.282 e. The van der Waals surface area contributed by atoms with Crippen molar-refractivity contribution in [2.45, 2.75) is 6.92 Å². The van der Waals surface area contributed by atoms with Crippen LogP contribution in [0.15, 0.2) is 99.2 Å². The van der Waals surface area contributed by atoms with E-state index in [9.17, 15) is 14.0 Å². The first-order chi connectivity index (χ1) is 21.8. The Bertz CT molecular complexity index is 2160. The maximum absolute atomic E-state index is 13.6. The molecule has 2 heterocycles. The molecule has 0 atom stereocenters. The minimum Gasteiger partial charge on any atom is -0.490 e. The number of nitrogens with zero attached hydrogens (tertiary/aromatic N) is 3. The van der Waals surface area contributed by atoms with Crippen LogP contribution in [0.3, 0.4) is 0 Å². The second-order valence-corrected chi connectivity index (χ2v) is 11.3. The zero-order valence-electron chi connectivity index (χ0n) is 23.6. The average molecular weight is 737 g/mol. The number of nitrogens with one attached hydrogen (secondary N) is 1. The number of aromatic nitrogens is 2. The molecule has 12 heteroatoms. The van der Waals surface area contributed by atoms with Gasteiger partial charge in [-0.3, -0.25) is 9.59 Å². The summed E-state index contributed by atoms with van der Waals surface area (Å²) in [5, 5.41) is 8.83. The smallest absolute Gasteiger partial charge is 0.282 e. The summed E-state index contributed by atoms with van der Waals surface area (Å²) in [5.74, 6) is 0.366. The van der Waals surface area contributed by atoms with Gasteiger partial charge in [-0.15, -0.1) is 0 Å². The topological polar surface area (TPSA) is 108 Å². The second-order valence-electron chi connectivity index (χ2n) is 9.72. The standard InChI is InChI=1S/C33H23ClFIN4O5/c1-2-43-28-13-19(12-25(36)31(28)44-18-30(41)38-23-7-5-6-22(35)16-23)17-37-40-32(39-26-9-4-3-8-24(26)33(40)42)29-15-20-14-21(34)10-11-27(20)45-29/h3-17H,2,18H2,1H3,(H,38,41). The summed E-state index contributed by atoms with van der Waals surface area (Å²) < 4.78 is 33.0. The highest BCUT2D eigenvalue weighted by atomic mass is 127. The highest BCUT2D eigenvalue weighted by Gasteiger charge is 2.18. The van der Waals surface area contributed by atoms with Gasteiger partial charge in [0.2, 0.25) is 5.82 Å². The van der Waals surface area contributed by atoms with E-state index in [2.05, 4.69) is 33.0 Å². The van der Waals surface area contributed by atoms with Crippen molar-refractivity contribution in [1.29, 1.82) is 0 Å². The van der Waals surface area contributed by atoms with Crippen molar-refractivity contribution in [2.75, 3.05) is 18.5 Å². The number of fused-ring (bicyclic) bond motifs is 2. The molecule has 0 aliphatic heterocycles. The van der Waals surface area contributed by atoms with E-state index < -0.39 is 11.7 Å². The summed E-state index contributed by atoms with van der Waals surface area (Å²) in [6, 6.07) is 23.0. The zero-order valence-corrected chi connectivity index (χ0v) is 26.5. The molecule has 45 heavy (non-hydrogen) atoms. The fourth-order valence-electron chi connectivity index (χ4n) is 4.61. The molecule has 6 rings (SSSR count). The molecule has 2 aromatic heterocycles. The van der Waals surface area contributed by atoms with E-state index in [4.69, 9.17) is 30.5 Å². The number of hydrogen-bond donors (Lipinski definition) is 1. The number of carbonyl (C=O) groups excluding carboxylic acids is 1. The van der Waals surface area contributed by atoms with E-state index in [1.54, 1.807) is 66.7 Å². The van der Waals surface area contributed by atoms with Gasteiger partial charge in [0.1, 0.15) is 11.4 Å². The Hall–Kier alpha value is -4.75. The summed E-state index contributed by atoms with van der Waals surface area (Å²) in [6.07, 6.45) is 1.51. The van der Waals surface area contributed by atoms with Crippen LogP contribution in [0.2, 0.25) is 5.02 Å². The van der Waals surface area contributed by atoms with Gasteiger partial charge in [0, 0.05) is 16.1 Å². The predicted molar refractivity (Wildman–Crippen MR) is 180 cm³/mol. The molecule has 6 aromatic rings. The second kappa shape index (κ2) is 13.1. The monoisotopic (exact) mass is 736 g/mol. The molecule has 0 unspecified atom stereocenters. The lowest BCUT2D eigenvalue weighted by Gasteiger charge is -2.15. The van der Waals surface area contributed by atoms with Gasteiger partial charge in [-0.05, 0) is 102 Å². The molecule has 0 aliphatic rings. The number of carbonyl (C=O) groups is 1. The maximum atomic E-state index is 13.6. The number of benzene rings is 4. The number of halogens is 3. The van der Waals surface area contributed by atoms with Crippen LogP contribution in [-0.4, -0.2) is 35.0 Å². The first-order valence-electron chi connectivity index (χ1n) is 13.7. The lowest BCUT2D eigenvalue weighted by Crippen LogP contribution is -2.21. The van der Waals surface area contributed by atoms with E-state index in [1.165, 1.54) is 29.1 Å². The minimum atomic E-state index is -0.465. The molecule has 9 nitrogen and oxygen atoms in total. The van der Waals surface area contributed by atoms with Crippen molar-refractivity contribution in [3.63, 3.8) is 0 Å². The molecule has 0 saturated carbocycles. The quantitative estimate of drug-likeness (QED) is 0.122. The van der Waals surface area contributed by atoms with Crippen LogP contribution < -0.4 is 20.3 Å². The molecular formula is C33H23ClFIN4O5. The average Bonchev–Trinajstić information content (AvgIpc) is 3.43. The molecular weight excluding hydrogens is 714 g/mol. The normalized spacial score (nSPS) is 11.4. The Morgan fingerprint density at radius 1 is 1.09 bits per heavy atom. The van der Waals surface area contributed by atoms with Crippen LogP contribution >= 0.6 is 34.2 Å². The fourth-order valence-corrected chi connectivity index (χ4v) is 5.57. The summed E-state index contributed by atoms with van der Waals surface area (Å²) in [4.78, 5) is 30.8. The number of ether oxygens (including phenoxy) is 2. The highest BCUT2D eigenvalue weighted by Crippen LogP contribution is 2.34. The number of rotatable bonds is 9. The first kappa shape index (κ1) is 30.3. The Labute approximate surface area is 274 Å². The van der Waals surface area contributed by atoms with E-state index in [1.807, 2.05) is 6.92 Å². The number of furan rings is 1. The first-order valence-corrected chi connectivity index (χ1v) is 15.1. The van der Waals surface area contributed by atoms with Gasteiger partial charge >= 0.3 is 0 Å². The van der Waals surface area contributed by atoms with Crippen molar-refractivity contribution >= 4 is 73.9 Å². The van der Waals surface area contributed by atoms with Gasteiger partial charge in [0.05, 0.1) is 27.3 Å². The van der Waals surface area contributed by atoms with Crippen LogP contribution in [0, 0.1) is 9.39 Å². The van der Waals surface area contributed by atoms with E-state index in [0.717, 1.165) is 5.39 Å². The van der Waals surface area contributed by atoms with Crippen molar-refractivity contribution in [3.8, 4) is 23.1 Å². The lowest BCUT2D eigenvalue weighted by atomic mass is 10.2. The number of hydrogen-bond acceptors (Lipinski definition) is 7. The molecule has 4 aromatic carbocycles. The van der Waals surface area contributed by atoms with Gasteiger partial charge in [0.15, 0.2) is 23.9 Å². The zero-order chi connectivity index (χ0) is 31.5. The molecule has 0 aliphatic carbocycles. The Morgan fingerprint density at radius 3 is 2.76 bits per heavy atom. The number of amides is 1. The molecule has 0 bridgehead atoms. The summed E-state index contributed by atoms with van der Waals surface area (Å²) in [5.41, 5.74) is 1.62. The van der Waals surface area contributed by atoms with Crippen molar-refractivity contribution < 1.29 is 23.1 Å². The van der Waals surface area contributed by atoms with Crippen LogP contribution in [0.5, 0.6) is 11.5 Å². The van der Waals surface area contributed by atoms with Gasteiger partial charge in [-0.25, -0.2) is 9.37 Å². The molecule has 226 valence electrons. The summed E-state index contributed by atoms with van der Waals surface area (Å²) >= 11 is 8.24. The Morgan fingerprint density at radius 2 is 1.93 bits per heavy atom. The van der Waals surface area contributed by atoms with Gasteiger partial charge in [-0.1, -0.05) is 29.8 Å². The highest BCUT2D eigenvalue weighted by molar-refractivity contribution is 14.1. The summed E-state index contributed by atoms with van der Waals surface area (Å²) in [7, 11) is 0. The van der Waals surface area contributed by atoms with Crippen molar-refractivity contribution in [2.24, 2.45) is 5.10 Å². The van der Waals surface area contributed by atoms with Gasteiger partial charge in [-0.2, -0.15) is 9.78 Å². The predicted octanol–water partition coefficient (Wildman–Crippen LogP) is 7.51. The Kier molecular flexibility index (Phi) is 8.80. The van der Waals surface area contributed by atoms with E-state index >= 15 is 0 Å². The van der Waals surface area contributed by atoms with Crippen molar-refractivity contribution in [1.82, 2.24) is 9.66 Å². The van der Waals surface area contributed by atoms with Crippen LogP contribution in [-0.2, 0) is 4.79 Å². The molecule has 1 amide bonds. The van der Waals surface area contributed by atoms with Crippen LogP contribution in [0.1, 0.15) is 12.5 Å². The third-order valence-corrected chi connectivity index (χ3v) is 7.60. The number of para-hydroxylation sites is 1. The van der Waals surface area contributed by atoms with Gasteiger partial charge in [0.25, 0.3) is 11.5 Å². The molecule has 0 saturated heterocycles. The summed E-state index contributed by atoms with van der Waals surface area (Å²) in [6.45, 7) is 1.82. The largest absolute Gasteiger partial charge is 0.490 e. The Balaban J connectivity index is 1.33.